The lowest BCUT2D eigenvalue weighted by molar-refractivity contribution is 0.221. The number of nitrogens with zero attached hydrogens (tertiary/aromatic N) is 3. The fourth-order valence-electron chi connectivity index (χ4n) is 2.85. The Morgan fingerprint density at radius 2 is 2.00 bits per heavy atom. The Balaban J connectivity index is 1.79. The standard InChI is InChI=1S/C21H33N5OS/c1-5-26(6-2)13-14-27-20-10-8-7-9-18(20)15-24-21(22-4)23-12-11-19-16-28-17(3)25-19/h7-10,16H,5-6,11-15H2,1-4H3,(H2,22,23,24). The zero-order valence-electron chi connectivity index (χ0n) is 17.5. The average Bonchev–Trinajstić information content (AvgIpc) is 3.13. The Morgan fingerprint density at radius 3 is 2.68 bits per heavy atom. The predicted octanol–water partition coefficient (Wildman–Crippen LogP) is 3.08. The van der Waals surface area contributed by atoms with Gasteiger partial charge in [0.15, 0.2) is 5.96 Å². The SMILES string of the molecule is CCN(CC)CCOc1ccccc1CNC(=NC)NCCc1csc(C)n1. The van der Waals surface area contributed by atoms with E-state index in [1.54, 1.807) is 18.4 Å². The second kappa shape index (κ2) is 12.4. The number of nitrogens with one attached hydrogen (secondary N) is 2. The van der Waals surface area contributed by atoms with Crippen molar-refractivity contribution in [1.82, 2.24) is 20.5 Å². The summed E-state index contributed by atoms with van der Waals surface area (Å²) >= 11 is 1.69. The fourth-order valence-corrected chi connectivity index (χ4v) is 3.49. The first-order chi connectivity index (χ1) is 13.7. The molecule has 7 heteroatoms. The third kappa shape index (κ3) is 7.48. The second-order valence-corrected chi connectivity index (χ2v) is 7.51. The van der Waals surface area contributed by atoms with Gasteiger partial charge in [0.1, 0.15) is 12.4 Å². The Labute approximate surface area is 173 Å². The van der Waals surface area contributed by atoms with Crippen LogP contribution >= 0.6 is 11.3 Å². The van der Waals surface area contributed by atoms with E-state index < -0.39 is 0 Å². The first kappa shape index (κ1) is 22.2. The summed E-state index contributed by atoms with van der Waals surface area (Å²) in [7, 11) is 1.79. The van der Waals surface area contributed by atoms with Crippen LogP contribution in [0.25, 0.3) is 0 Å². The number of benzene rings is 1. The van der Waals surface area contributed by atoms with Gasteiger partial charge in [-0.1, -0.05) is 32.0 Å². The highest BCUT2D eigenvalue weighted by atomic mass is 32.1. The summed E-state index contributed by atoms with van der Waals surface area (Å²) in [6, 6.07) is 8.17. The lowest BCUT2D eigenvalue weighted by Crippen LogP contribution is -2.38. The summed E-state index contributed by atoms with van der Waals surface area (Å²) in [6.07, 6.45) is 0.885. The Morgan fingerprint density at radius 1 is 1.21 bits per heavy atom. The van der Waals surface area contributed by atoms with E-state index in [1.807, 2.05) is 25.1 Å². The van der Waals surface area contributed by atoms with E-state index in [2.05, 4.69) is 50.8 Å². The number of aryl methyl sites for hydroxylation is 1. The van der Waals surface area contributed by atoms with Crippen molar-refractivity contribution in [2.75, 3.05) is 39.8 Å². The van der Waals surface area contributed by atoms with E-state index in [4.69, 9.17) is 4.74 Å². The second-order valence-electron chi connectivity index (χ2n) is 6.44. The number of hydrogen-bond acceptors (Lipinski definition) is 5. The predicted molar refractivity (Wildman–Crippen MR) is 118 cm³/mol. The fraction of sp³-hybridized carbons (Fsp3) is 0.524. The number of ether oxygens (including phenoxy) is 1. The van der Waals surface area contributed by atoms with Crippen LogP contribution in [0.2, 0.25) is 0 Å². The van der Waals surface area contributed by atoms with Gasteiger partial charge >= 0.3 is 0 Å². The zero-order chi connectivity index (χ0) is 20.2. The van der Waals surface area contributed by atoms with E-state index in [1.165, 1.54) is 0 Å². The molecule has 2 N–H and O–H groups in total. The van der Waals surface area contributed by atoms with Crippen LogP contribution in [0.3, 0.4) is 0 Å². The highest BCUT2D eigenvalue weighted by molar-refractivity contribution is 7.09. The van der Waals surface area contributed by atoms with Crippen molar-refractivity contribution in [3.8, 4) is 5.75 Å². The summed E-state index contributed by atoms with van der Waals surface area (Å²) < 4.78 is 6.03. The van der Waals surface area contributed by atoms with Gasteiger partial charge in [0.2, 0.25) is 0 Å². The minimum atomic E-state index is 0.664. The maximum absolute atomic E-state index is 6.03. The summed E-state index contributed by atoms with van der Waals surface area (Å²) in [5.41, 5.74) is 2.25. The van der Waals surface area contributed by atoms with Gasteiger partial charge < -0.3 is 20.3 Å². The zero-order valence-corrected chi connectivity index (χ0v) is 18.3. The average molecular weight is 404 g/mol. The number of rotatable bonds is 11. The van der Waals surface area contributed by atoms with E-state index in [-0.39, 0.29) is 0 Å². The van der Waals surface area contributed by atoms with Crippen molar-refractivity contribution >= 4 is 17.3 Å². The smallest absolute Gasteiger partial charge is 0.191 e. The molecule has 0 aliphatic carbocycles. The molecule has 1 aromatic carbocycles. The number of hydrogen-bond donors (Lipinski definition) is 2. The van der Waals surface area contributed by atoms with Crippen LogP contribution in [0.5, 0.6) is 5.75 Å². The molecule has 2 rings (SSSR count). The number of guanidine groups is 1. The van der Waals surface area contributed by atoms with Gasteiger partial charge in [-0.05, 0) is 26.1 Å². The van der Waals surface area contributed by atoms with Crippen LogP contribution in [0, 0.1) is 6.92 Å². The van der Waals surface area contributed by atoms with Crippen LogP contribution in [0.1, 0.15) is 30.1 Å². The first-order valence-electron chi connectivity index (χ1n) is 9.94. The molecule has 1 heterocycles. The molecular weight excluding hydrogens is 370 g/mol. The number of para-hydroxylation sites is 1. The molecule has 0 fully saturated rings. The molecule has 0 aliphatic heterocycles. The molecule has 154 valence electrons. The van der Waals surface area contributed by atoms with Crippen molar-refractivity contribution in [2.45, 2.75) is 33.7 Å². The van der Waals surface area contributed by atoms with E-state index in [9.17, 15) is 0 Å². The Hall–Kier alpha value is -2.12. The molecule has 0 saturated heterocycles. The van der Waals surface area contributed by atoms with E-state index >= 15 is 0 Å². The van der Waals surface area contributed by atoms with Crippen molar-refractivity contribution in [1.29, 1.82) is 0 Å². The van der Waals surface area contributed by atoms with Gasteiger partial charge in [-0.15, -0.1) is 11.3 Å². The lowest BCUT2D eigenvalue weighted by Gasteiger charge is -2.19. The van der Waals surface area contributed by atoms with Gasteiger partial charge in [0, 0.05) is 44.0 Å². The molecule has 28 heavy (non-hydrogen) atoms. The van der Waals surface area contributed by atoms with Crippen molar-refractivity contribution in [3.05, 3.63) is 45.9 Å². The third-order valence-corrected chi connectivity index (χ3v) is 5.36. The summed E-state index contributed by atoms with van der Waals surface area (Å²) in [4.78, 5) is 11.2. The monoisotopic (exact) mass is 403 g/mol. The van der Waals surface area contributed by atoms with Crippen molar-refractivity contribution in [3.63, 3.8) is 0 Å². The van der Waals surface area contributed by atoms with E-state index in [0.717, 1.165) is 60.6 Å². The number of aromatic nitrogens is 1. The molecule has 0 atom stereocenters. The summed E-state index contributed by atoms with van der Waals surface area (Å²) in [5.74, 6) is 1.71. The minimum absolute atomic E-state index is 0.664. The molecule has 0 bridgehead atoms. The number of thiazole rings is 1. The normalized spacial score (nSPS) is 11.7. The molecule has 6 nitrogen and oxygen atoms in total. The molecule has 2 aromatic rings. The minimum Gasteiger partial charge on any atom is -0.492 e. The quantitative estimate of drug-likeness (QED) is 0.446. The third-order valence-electron chi connectivity index (χ3n) is 4.54. The highest BCUT2D eigenvalue weighted by Crippen LogP contribution is 2.17. The number of aliphatic imine (C=N–C) groups is 1. The molecule has 0 saturated carbocycles. The van der Waals surface area contributed by atoms with Gasteiger partial charge in [-0.2, -0.15) is 0 Å². The Kier molecular flexibility index (Phi) is 9.79. The Bertz CT molecular complexity index is 727. The number of likely N-dealkylation sites (N-methyl/N-ethyl adjacent to an activating group) is 1. The van der Waals surface area contributed by atoms with Crippen molar-refractivity contribution in [2.24, 2.45) is 4.99 Å². The highest BCUT2D eigenvalue weighted by Gasteiger charge is 2.06. The molecule has 1 aromatic heterocycles. The van der Waals surface area contributed by atoms with Crippen LogP contribution in [0.15, 0.2) is 34.6 Å². The largest absolute Gasteiger partial charge is 0.492 e. The molecule has 0 aliphatic rings. The van der Waals surface area contributed by atoms with Crippen molar-refractivity contribution < 1.29 is 4.74 Å². The summed E-state index contributed by atoms with van der Waals surface area (Å²) in [5, 5.41) is 9.93. The molecule has 0 spiro atoms. The lowest BCUT2D eigenvalue weighted by atomic mass is 10.2. The summed E-state index contributed by atoms with van der Waals surface area (Å²) in [6.45, 7) is 11.6. The van der Waals surface area contributed by atoms with Crippen LogP contribution < -0.4 is 15.4 Å². The molecule has 0 unspecified atom stereocenters. The molecule has 0 amide bonds. The van der Waals surface area contributed by atoms with Gasteiger partial charge in [-0.3, -0.25) is 4.99 Å². The first-order valence-corrected chi connectivity index (χ1v) is 10.8. The van der Waals surface area contributed by atoms with Gasteiger partial charge in [0.05, 0.1) is 10.7 Å². The maximum Gasteiger partial charge on any atom is 0.191 e. The van der Waals surface area contributed by atoms with Gasteiger partial charge in [-0.25, -0.2) is 4.98 Å². The molecule has 0 radical (unpaired) electrons. The van der Waals surface area contributed by atoms with Crippen LogP contribution in [-0.4, -0.2) is 55.7 Å². The van der Waals surface area contributed by atoms with Crippen LogP contribution in [-0.2, 0) is 13.0 Å². The van der Waals surface area contributed by atoms with E-state index in [0.29, 0.717) is 13.2 Å². The topological polar surface area (TPSA) is 61.8 Å². The van der Waals surface area contributed by atoms with Crippen LogP contribution in [0.4, 0.5) is 0 Å². The molecular formula is C21H33N5OS. The maximum atomic E-state index is 6.03. The van der Waals surface area contributed by atoms with Gasteiger partial charge in [0.25, 0.3) is 0 Å².